The van der Waals surface area contributed by atoms with Crippen LogP contribution in [0, 0.1) is 5.41 Å². The van der Waals surface area contributed by atoms with E-state index in [1.54, 1.807) is 7.11 Å². The SMILES string of the molecule is CCC1(C(Cl)c2ccc3cc(OC)ccc3c2)CCCC1. The highest BCUT2D eigenvalue weighted by atomic mass is 35.5. The summed E-state index contributed by atoms with van der Waals surface area (Å²) in [5, 5.41) is 2.57. The molecule has 2 aromatic rings. The van der Waals surface area contributed by atoms with Crippen LogP contribution < -0.4 is 4.74 Å². The standard InChI is InChI=1S/C19H23ClO/c1-3-19(10-4-5-11-19)18(20)16-7-6-15-13-17(21-2)9-8-14(15)12-16/h6-9,12-13,18H,3-5,10-11H2,1-2H3. The molecule has 0 saturated heterocycles. The van der Waals surface area contributed by atoms with E-state index >= 15 is 0 Å². The van der Waals surface area contributed by atoms with E-state index in [0.29, 0.717) is 5.41 Å². The fourth-order valence-electron chi connectivity index (χ4n) is 3.75. The van der Waals surface area contributed by atoms with Gasteiger partial charge in [-0.05, 0) is 59.2 Å². The van der Waals surface area contributed by atoms with Gasteiger partial charge in [0.1, 0.15) is 5.75 Å². The molecule has 0 radical (unpaired) electrons. The van der Waals surface area contributed by atoms with Crippen LogP contribution in [-0.2, 0) is 0 Å². The Hall–Kier alpha value is -1.21. The highest BCUT2D eigenvalue weighted by molar-refractivity contribution is 6.21. The maximum absolute atomic E-state index is 6.90. The molecule has 0 heterocycles. The van der Waals surface area contributed by atoms with Gasteiger partial charge in [-0.2, -0.15) is 0 Å². The Morgan fingerprint density at radius 1 is 1.10 bits per heavy atom. The topological polar surface area (TPSA) is 9.23 Å². The molecule has 112 valence electrons. The van der Waals surface area contributed by atoms with E-state index in [-0.39, 0.29) is 5.38 Å². The number of alkyl halides is 1. The molecule has 2 aromatic carbocycles. The van der Waals surface area contributed by atoms with Gasteiger partial charge in [-0.25, -0.2) is 0 Å². The van der Waals surface area contributed by atoms with Crippen LogP contribution in [0.15, 0.2) is 36.4 Å². The van der Waals surface area contributed by atoms with Gasteiger partial charge >= 0.3 is 0 Å². The molecule has 0 spiro atoms. The highest BCUT2D eigenvalue weighted by Gasteiger charge is 2.39. The predicted octanol–water partition coefficient (Wildman–Crippen LogP) is 6.10. The van der Waals surface area contributed by atoms with Crippen molar-refractivity contribution in [2.75, 3.05) is 7.11 Å². The van der Waals surface area contributed by atoms with Crippen LogP contribution in [-0.4, -0.2) is 7.11 Å². The molecule has 0 N–H and O–H groups in total. The van der Waals surface area contributed by atoms with Crippen molar-refractivity contribution in [3.63, 3.8) is 0 Å². The molecule has 1 atom stereocenters. The summed E-state index contributed by atoms with van der Waals surface area (Å²) in [6.07, 6.45) is 6.34. The van der Waals surface area contributed by atoms with Crippen molar-refractivity contribution < 1.29 is 4.74 Å². The summed E-state index contributed by atoms with van der Waals surface area (Å²) in [4.78, 5) is 0. The number of ether oxygens (including phenoxy) is 1. The van der Waals surface area contributed by atoms with E-state index in [1.165, 1.54) is 48.4 Å². The minimum Gasteiger partial charge on any atom is -0.497 e. The van der Waals surface area contributed by atoms with E-state index in [1.807, 2.05) is 6.07 Å². The summed E-state index contributed by atoms with van der Waals surface area (Å²) in [5.41, 5.74) is 1.56. The van der Waals surface area contributed by atoms with Gasteiger partial charge in [-0.15, -0.1) is 11.6 Å². The third-order valence-corrected chi connectivity index (χ3v) is 5.92. The van der Waals surface area contributed by atoms with Crippen molar-refractivity contribution >= 4 is 22.4 Å². The van der Waals surface area contributed by atoms with Crippen LogP contribution >= 0.6 is 11.6 Å². The van der Waals surface area contributed by atoms with Gasteiger partial charge in [0.2, 0.25) is 0 Å². The number of fused-ring (bicyclic) bond motifs is 1. The molecular weight excluding hydrogens is 280 g/mol. The molecule has 1 aliphatic rings. The fourth-order valence-corrected chi connectivity index (χ4v) is 4.25. The monoisotopic (exact) mass is 302 g/mol. The third kappa shape index (κ3) is 2.64. The van der Waals surface area contributed by atoms with Crippen LogP contribution in [0.3, 0.4) is 0 Å². The van der Waals surface area contributed by atoms with Crippen LogP contribution in [0.25, 0.3) is 10.8 Å². The minimum atomic E-state index is 0.122. The molecule has 21 heavy (non-hydrogen) atoms. The Bertz CT molecular complexity index is 628. The summed E-state index contributed by atoms with van der Waals surface area (Å²) in [6.45, 7) is 2.28. The zero-order chi connectivity index (χ0) is 14.9. The summed E-state index contributed by atoms with van der Waals surface area (Å²) in [6, 6.07) is 12.8. The Balaban J connectivity index is 1.96. The normalized spacial score (nSPS) is 18.8. The average Bonchev–Trinajstić information content (AvgIpc) is 3.03. The van der Waals surface area contributed by atoms with Gasteiger partial charge in [0.25, 0.3) is 0 Å². The first-order valence-corrected chi connectivity index (χ1v) is 8.34. The van der Waals surface area contributed by atoms with Crippen LogP contribution in [0.4, 0.5) is 0 Å². The second-order valence-electron chi connectivity index (χ2n) is 6.26. The van der Waals surface area contributed by atoms with Gasteiger partial charge in [0.05, 0.1) is 12.5 Å². The molecule has 1 fully saturated rings. The van der Waals surface area contributed by atoms with Crippen LogP contribution in [0.2, 0.25) is 0 Å². The number of benzene rings is 2. The first-order chi connectivity index (χ1) is 10.2. The van der Waals surface area contributed by atoms with Crippen molar-refractivity contribution in [3.8, 4) is 5.75 Å². The van der Waals surface area contributed by atoms with Crippen molar-refractivity contribution in [1.29, 1.82) is 0 Å². The number of hydrogen-bond donors (Lipinski definition) is 0. The van der Waals surface area contributed by atoms with Crippen LogP contribution in [0.1, 0.15) is 50.0 Å². The van der Waals surface area contributed by atoms with Crippen molar-refractivity contribution in [2.24, 2.45) is 5.41 Å². The lowest BCUT2D eigenvalue weighted by molar-refractivity contribution is 0.271. The van der Waals surface area contributed by atoms with Crippen molar-refractivity contribution in [2.45, 2.75) is 44.4 Å². The Labute approximate surface area is 132 Å². The third-order valence-electron chi connectivity index (χ3n) is 5.21. The highest BCUT2D eigenvalue weighted by Crippen LogP contribution is 2.53. The van der Waals surface area contributed by atoms with E-state index < -0.39 is 0 Å². The minimum absolute atomic E-state index is 0.122. The Kier molecular flexibility index (Phi) is 4.12. The molecule has 0 aliphatic heterocycles. The summed E-state index contributed by atoms with van der Waals surface area (Å²) >= 11 is 6.90. The van der Waals surface area contributed by atoms with E-state index in [2.05, 4.69) is 37.3 Å². The summed E-state index contributed by atoms with van der Waals surface area (Å²) < 4.78 is 5.29. The molecule has 0 aromatic heterocycles. The lowest BCUT2D eigenvalue weighted by atomic mass is 9.77. The Morgan fingerprint density at radius 2 is 1.76 bits per heavy atom. The lowest BCUT2D eigenvalue weighted by Gasteiger charge is -2.33. The van der Waals surface area contributed by atoms with Crippen molar-refractivity contribution in [3.05, 3.63) is 42.0 Å². The van der Waals surface area contributed by atoms with Crippen molar-refractivity contribution in [1.82, 2.24) is 0 Å². The van der Waals surface area contributed by atoms with E-state index in [9.17, 15) is 0 Å². The number of halogens is 1. The molecule has 0 amide bonds. The maximum atomic E-state index is 6.90. The number of rotatable bonds is 4. The smallest absolute Gasteiger partial charge is 0.119 e. The van der Waals surface area contributed by atoms with Gasteiger partial charge < -0.3 is 4.74 Å². The number of methoxy groups -OCH3 is 1. The zero-order valence-corrected chi connectivity index (χ0v) is 13.6. The first kappa shape index (κ1) is 14.7. The molecule has 2 heteroatoms. The predicted molar refractivity (Wildman–Crippen MR) is 90.3 cm³/mol. The van der Waals surface area contributed by atoms with Gasteiger partial charge in [0, 0.05) is 0 Å². The van der Waals surface area contributed by atoms with Gasteiger partial charge in [-0.1, -0.05) is 38.0 Å². The largest absolute Gasteiger partial charge is 0.497 e. The molecule has 1 nitrogen and oxygen atoms in total. The zero-order valence-electron chi connectivity index (χ0n) is 12.9. The molecular formula is C19H23ClO. The first-order valence-electron chi connectivity index (χ1n) is 7.90. The molecule has 1 saturated carbocycles. The summed E-state index contributed by atoms with van der Waals surface area (Å²) in [7, 11) is 1.70. The lowest BCUT2D eigenvalue weighted by Crippen LogP contribution is -2.21. The average molecular weight is 303 g/mol. The number of hydrogen-bond acceptors (Lipinski definition) is 1. The van der Waals surface area contributed by atoms with E-state index in [0.717, 1.165) is 5.75 Å². The van der Waals surface area contributed by atoms with E-state index in [4.69, 9.17) is 16.3 Å². The second kappa shape index (κ2) is 5.88. The quantitative estimate of drug-likeness (QED) is 0.620. The molecule has 3 rings (SSSR count). The fraction of sp³-hybridized carbons (Fsp3) is 0.474. The van der Waals surface area contributed by atoms with Gasteiger partial charge in [-0.3, -0.25) is 0 Å². The second-order valence-corrected chi connectivity index (χ2v) is 6.69. The molecule has 1 aliphatic carbocycles. The molecule has 0 bridgehead atoms. The summed E-state index contributed by atoms with van der Waals surface area (Å²) in [5.74, 6) is 0.901. The van der Waals surface area contributed by atoms with Gasteiger partial charge in [0.15, 0.2) is 0 Å². The van der Waals surface area contributed by atoms with Crippen LogP contribution in [0.5, 0.6) is 5.75 Å². The maximum Gasteiger partial charge on any atom is 0.119 e. The Morgan fingerprint density at radius 3 is 2.43 bits per heavy atom. The molecule has 1 unspecified atom stereocenters.